The Morgan fingerprint density at radius 2 is 0.957 bits per heavy atom. The summed E-state index contributed by atoms with van der Waals surface area (Å²) >= 11 is 0. The van der Waals surface area contributed by atoms with Crippen LogP contribution in [-0.2, 0) is 0 Å². The highest BCUT2D eigenvalue weighted by Gasteiger charge is 2.19. The summed E-state index contributed by atoms with van der Waals surface area (Å²) in [6.07, 6.45) is 0. The van der Waals surface area contributed by atoms with Crippen LogP contribution in [0.4, 0.5) is 0 Å². The van der Waals surface area contributed by atoms with Gasteiger partial charge in [0.2, 0.25) is 0 Å². The number of hydrogen-bond donors (Lipinski definition) is 0. The second-order valence-electron chi connectivity index (χ2n) is 11.3. The molecule has 0 spiro atoms. The van der Waals surface area contributed by atoms with E-state index in [9.17, 15) is 0 Å². The molecule has 0 saturated carbocycles. The predicted molar refractivity (Wildman–Crippen MR) is 187 cm³/mol. The van der Waals surface area contributed by atoms with Crippen LogP contribution in [0.5, 0.6) is 0 Å². The van der Waals surface area contributed by atoms with Crippen molar-refractivity contribution in [3.05, 3.63) is 152 Å². The molecule has 0 aliphatic heterocycles. The summed E-state index contributed by atoms with van der Waals surface area (Å²) in [5.74, 6) is 2.44. The highest BCUT2D eigenvalue weighted by Crippen LogP contribution is 2.38. The molecule has 6 heteroatoms. The zero-order valence-electron chi connectivity index (χ0n) is 25.1. The largest absolute Gasteiger partial charge is 0.456 e. The van der Waals surface area contributed by atoms with E-state index in [1.807, 2.05) is 127 Å². The Labute approximate surface area is 270 Å². The van der Waals surface area contributed by atoms with Crippen molar-refractivity contribution >= 4 is 32.8 Å². The Hall–Kier alpha value is -6.53. The maximum Gasteiger partial charge on any atom is 0.164 e. The van der Waals surface area contributed by atoms with Gasteiger partial charge in [0.25, 0.3) is 0 Å². The monoisotopic (exact) mass is 603 g/mol. The lowest BCUT2D eigenvalue weighted by Gasteiger charge is -2.10. The van der Waals surface area contributed by atoms with Crippen LogP contribution in [0.15, 0.2) is 156 Å². The first-order chi connectivity index (χ1) is 23.3. The van der Waals surface area contributed by atoms with E-state index in [-0.39, 0.29) is 0 Å². The van der Waals surface area contributed by atoms with Crippen LogP contribution in [0, 0.1) is 0 Å². The Bertz CT molecular complexity index is 2510. The van der Waals surface area contributed by atoms with E-state index in [0.717, 1.165) is 66.4 Å². The SMILES string of the molecule is c1ccc(-c2nc(-c3ccccc3)nc(-c3cccc4oc5ccc(-c6nc(-c7ccccc7)c7ccccc7n6)cc5c34)n2)cc1. The Morgan fingerprint density at radius 1 is 0.362 bits per heavy atom. The molecule has 0 saturated heterocycles. The lowest BCUT2D eigenvalue weighted by Crippen LogP contribution is -2.00. The summed E-state index contributed by atoms with van der Waals surface area (Å²) in [4.78, 5) is 25.0. The molecule has 220 valence electrons. The average molecular weight is 604 g/mol. The van der Waals surface area contributed by atoms with Gasteiger partial charge in [-0.05, 0) is 30.3 Å². The molecule has 0 aliphatic carbocycles. The number of furan rings is 1. The van der Waals surface area contributed by atoms with Gasteiger partial charge in [0.1, 0.15) is 11.2 Å². The number of rotatable bonds is 5. The van der Waals surface area contributed by atoms with Gasteiger partial charge in [0.15, 0.2) is 23.3 Å². The minimum absolute atomic E-state index is 0.574. The van der Waals surface area contributed by atoms with Gasteiger partial charge >= 0.3 is 0 Å². The van der Waals surface area contributed by atoms with E-state index >= 15 is 0 Å². The number of fused-ring (bicyclic) bond motifs is 4. The van der Waals surface area contributed by atoms with Crippen molar-refractivity contribution in [1.82, 2.24) is 24.9 Å². The van der Waals surface area contributed by atoms with Crippen LogP contribution in [0.1, 0.15) is 0 Å². The number of nitrogens with zero attached hydrogens (tertiary/aromatic N) is 5. The summed E-state index contributed by atoms with van der Waals surface area (Å²) in [5.41, 5.74) is 7.94. The van der Waals surface area contributed by atoms with Gasteiger partial charge in [0.05, 0.1) is 11.2 Å². The second-order valence-corrected chi connectivity index (χ2v) is 11.3. The lowest BCUT2D eigenvalue weighted by atomic mass is 10.0. The summed E-state index contributed by atoms with van der Waals surface area (Å²) < 4.78 is 6.39. The standard InChI is InChI=1S/C41H25N5O/c1-4-13-26(14-5-1)37-30-19-10-11-21-33(30)42-40(43-37)29-23-24-34-32(25-29)36-31(20-12-22-35(36)47-34)41-45-38(27-15-6-2-7-16-27)44-39(46-41)28-17-8-3-9-18-28/h1-25H. The van der Waals surface area contributed by atoms with Gasteiger partial charge in [-0.1, -0.05) is 121 Å². The first-order valence-corrected chi connectivity index (χ1v) is 15.4. The normalized spacial score (nSPS) is 11.4. The zero-order valence-corrected chi connectivity index (χ0v) is 25.1. The first-order valence-electron chi connectivity index (χ1n) is 15.4. The third kappa shape index (κ3) is 4.80. The van der Waals surface area contributed by atoms with Crippen molar-refractivity contribution in [2.24, 2.45) is 0 Å². The maximum absolute atomic E-state index is 6.39. The summed E-state index contributed by atoms with van der Waals surface area (Å²) in [6, 6.07) is 50.5. The molecule has 9 rings (SSSR count). The Morgan fingerprint density at radius 3 is 1.66 bits per heavy atom. The van der Waals surface area contributed by atoms with Gasteiger partial charge in [-0.15, -0.1) is 0 Å². The molecular weight excluding hydrogens is 578 g/mol. The molecule has 0 atom stereocenters. The van der Waals surface area contributed by atoms with E-state index in [0.29, 0.717) is 23.3 Å². The maximum atomic E-state index is 6.39. The molecule has 0 N–H and O–H groups in total. The molecule has 0 unspecified atom stereocenters. The Kier molecular flexibility index (Phi) is 6.35. The van der Waals surface area contributed by atoms with Crippen LogP contribution >= 0.6 is 0 Å². The fourth-order valence-electron chi connectivity index (χ4n) is 6.10. The summed E-state index contributed by atoms with van der Waals surface area (Å²) in [6.45, 7) is 0. The molecule has 3 aromatic heterocycles. The van der Waals surface area contributed by atoms with E-state index in [4.69, 9.17) is 29.3 Å². The average Bonchev–Trinajstić information content (AvgIpc) is 3.53. The summed E-state index contributed by atoms with van der Waals surface area (Å²) in [7, 11) is 0. The van der Waals surface area contributed by atoms with Crippen molar-refractivity contribution < 1.29 is 4.42 Å². The Balaban J connectivity index is 1.26. The fraction of sp³-hybridized carbons (Fsp3) is 0. The zero-order chi connectivity index (χ0) is 31.2. The molecule has 0 radical (unpaired) electrons. The van der Waals surface area contributed by atoms with Crippen LogP contribution in [-0.4, -0.2) is 24.9 Å². The topological polar surface area (TPSA) is 77.6 Å². The fourth-order valence-corrected chi connectivity index (χ4v) is 6.10. The third-order valence-corrected chi connectivity index (χ3v) is 8.34. The van der Waals surface area contributed by atoms with Gasteiger partial charge in [-0.2, -0.15) is 0 Å². The second kappa shape index (κ2) is 11.1. The van der Waals surface area contributed by atoms with Crippen molar-refractivity contribution in [3.8, 4) is 56.8 Å². The number of hydrogen-bond acceptors (Lipinski definition) is 6. The molecule has 0 aliphatic rings. The third-order valence-electron chi connectivity index (χ3n) is 8.34. The molecular formula is C41H25N5O. The number of benzene rings is 6. The van der Waals surface area contributed by atoms with E-state index in [1.54, 1.807) is 0 Å². The molecule has 6 aromatic carbocycles. The van der Waals surface area contributed by atoms with Crippen LogP contribution < -0.4 is 0 Å². The van der Waals surface area contributed by atoms with Crippen LogP contribution in [0.3, 0.4) is 0 Å². The predicted octanol–water partition coefficient (Wildman–Crippen LogP) is 10.0. The van der Waals surface area contributed by atoms with Crippen LogP contribution in [0.25, 0.3) is 89.7 Å². The molecule has 0 amide bonds. The molecule has 6 nitrogen and oxygen atoms in total. The highest BCUT2D eigenvalue weighted by molar-refractivity contribution is 6.12. The number of para-hydroxylation sites is 1. The molecule has 0 fully saturated rings. The van der Waals surface area contributed by atoms with Gasteiger partial charge in [-0.25, -0.2) is 24.9 Å². The van der Waals surface area contributed by atoms with Crippen LogP contribution in [0.2, 0.25) is 0 Å². The smallest absolute Gasteiger partial charge is 0.164 e. The van der Waals surface area contributed by atoms with Crippen molar-refractivity contribution in [2.75, 3.05) is 0 Å². The highest BCUT2D eigenvalue weighted by atomic mass is 16.3. The van der Waals surface area contributed by atoms with Gasteiger partial charge in [-0.3, -0.25) is 0 Å². The van der Waals surface area contributed by atoms with Gasteiger partial charge < -0.3 is 4.42 Å². The number of aromatic nitrogens is 5. The quantitative estimate of drug-likeness (QED) is 0.195. The van der Waals surface area contributed by atoms with E-state index in [1.165, 1.54) is 0 Å². The van der Waals surface area contributed by atoms with Crippen molar-refractivity contribution in [3.63, 3.8) is 0 Å². The van der Waals surface area contributed by atoms with Crippen molar-refractivity contribution in [2.45, 2.75) is 0 Å². The van der Waals surface area contributed by atoms with E-state index < -0.39 is 0 Å². The van der Waals surface area contributed by atoms with Gasteiger partial charge in [0, 0.05) is 44.0 Å². The lowest BCUT2D eigenvalue weighted by molar-refractivity contribution is 0.669. The van der Waals surface area contributed by atoms with Crippen molar-refractivity contribution in [1.29, 1.82) is 0 Å². The van der Waals surface area contributed by atoms with E-state index in [2.05, 4.69) is 24.3 Å². The molecule has 9 aromatic rings. The molecule has 47 heavy (non-hydrogen) atoms. The first kappa shape index (κ1) is 26.8. The molecule has 3 heterocycles. The molecule has 0 bridgehead atoms. The summed E-state index contributed by atoms with van der Waals surface area (Å²) in [5, 5.41) is 2.88. The minimum atomic E-state index is 0.574. The minimum Gasteiger partial charge on any atom is -0.456 e.